The van der Waals surface area contributed by atoms with Crippen LogP contribution in [0.2, 0.25) is 0 Å². The highest BCUT2D eigenvalue weighted by Gasteiger charge is 2.31. The van der Waals surface area contributed by atoms with Crippen molar-refractivity contribution in [3.05, 3.63) is 23.7 Å². The molecule has 2 fully saturated rings. The van der Waals surface area contributed by atoms with Crippen LogP contribution in [0.4, 0.5) is 0 Å². The largest absolute Gasteiger partial charge is 0.457 e. The normalized spacial score (nSPS) is 22.8. The van der Waals surface area contributed by atoms with Gasteiger partial charge in [-0.25, -0.2) is 0 Å². The molecule has 2 heterocycles. The number of furan rings is 1. The molecule has 1 aliphatic carbocycles. The molecule has 4 nitrogen and oxygen atoms in total. The van der Waals surface area contributed by atoms with Gasteiger partial charge in [-0.15, -0.1) is 0 Å². The molecule has 0 bridgehead atoms. The number of hydrogen-bond acceptors (Lipinski definition) is 4. The summed E-state index contributed by atoms with van der Waals surface area (Å²) in [4.78, 5) is 15.5. The summed E-state index contributed by atoms with van der Waals surface area (Å²) in [5.41, 5.74) is 0. The predicted octanol–water partition coefficient (Wildman–Crippen LogP) is 1.37. The molecule has 0 radical (unpaired) electrons. The van der Waals surface area contributed by atoms with E-state index in [2.05, 4.69) is 9.80 Å². The SMILES string of the molecule is O=Cc1ccc(CN2CCN(C3CC3)CC2)o1. The molecule has 92 valence electrons. The van der Waals surface area contributed by atoms with E-state index in [1.807, 2.05) is 6.07 Å². The van der Waals surface area contributed by atoms with E-state index in [0.29, 0.717) is 5.76 Å². The average Bonchev–Trinajstić information content (AvgIpc) is 3.11. The van der Waals surface area contributed by atoms with E-state index < -0.39 is 0 Å². The molecule has 1 aromatic heterocycles. The standard InChI is InChI=1S/C13H18N2O2/c16-10-13-4-3-12(17-13)9-14-5-7-15(8-6-14)11-1-2-11/h3-4,10-11H,1-2,5-9H2. The van der Waals surface area contributed by atoms with Crippen molar-refractivity contribution in [3.63, 3.8) is 0 Å². The van der Waals surface area contributed by atoms with Crippen LogP contribution in [0.5, 0.6) is 0 Å². The Labute approximate surface area is 101 Å². The van der Waals surface area contributed by atoms with Crippen LogP contribution < -0.4 is 0 Å². The predicted molar refractivity (Wildman–Crippen MR) is 64.0 cm³/mol. The van der Waals surface area contributed by atoms with Gasteiger partial charge in [0.25, 0.3) is 0 Å². The Morgan fingerprint density at radius 1 is 1.24 bits per heavy atom. The fourth-order valence-electron chi connectivity index (χ4n) is 2.49. The summed E-state index contributed by atoms with van der Waals surface area (Å²) in [7, 11) is 0. The van der Waals surface area contributed by atoms with E-state index in [9.17, 15) is 4.79 Å². The first-order chi connectivity index (χ1) is 8.35. The average molecular weight is 234 g/mol. The van der Waals surface area contributed by atoms with Gasteiger partial charge >= 0.3 is 0 Å². The topological polar surface area (TPSA) is 36.7 Å². The zero-order valence-corrected chi connectivity index (χ0v) is 9.97. The second-order valence-electron chi connectivity index (χ2n) is 4.97. The fourth-order valence-corrected chi connectivity index (χ4v) is 2.49. The van der Waals surface area contributed by atoms with Crippen LogP contribution in [0.1, 0.15) is 29.2 Å². The van der Waals surface area contributed by atoms with E-state index in [4.69, 9.17) is 4.42 Å². The maximum absolute atomic E-state index is 10.5. The molecule has 0 atom stereocenters. The minimum Gasteiger partial charge on any atom is -0.457 e. The number of hydrogen-bond donors (Lipinski definition) is 0. The molecular formula is C13H18N2O2. The van der Waals surface area contributed by atoms with Crippen molar-refractivity contribution in [3.8, 4) is 0 Å². The lowest BCUT2D eigenvalue weighted by Gasteiger charge is -2.34. The van der Waals surface area contributed by atoms with Crippen molar-refractivity contribution in [2.24, 2.45) is 0 Å². The van der Waals surface area contributed by atoms with Gasteiger partial charge in [0.1, 0.15) is 5.76 Å². The Hall–Kier alpha value is -1.13. The van der Waals surface area contributed by atoms with E-state index in [-0.39, 0.29) is 0 Å². The summed E-state index contributed by atoms with van der Waals surface area (Å²) in [6.07, 6.45) is 3.54. The Bertz CT molecular complexity index is 390. The van der Waals surface area contributed by atoms with Gasteiger partial charge in [0.2, 0.25) is 0 Å². The maximum Gasteiger partial charge on any atom is 0.185 e. The lowest BCUT2D eigenvalue weighted by Crippen LogP contribution is -2.46. The quantitative estimate of drug-likeness (QED) is 0.737. The summed E-state index contributed by atoms with van der Waals surface area (Å²) >= 11 is 0. The number of nitrogens with zero attached hydrogens (tertiary/aromatic N) is 2. The third kappa shape index (κ3) is 2.58. The zero-order valence-electron chi connectivity index (χ0n) is 9.97. The second-order valence-corrected chi connectivity index (χ2v) is 4.97. The number of piperazine rings is 1. The van der Waals surface area contributed by atoms with E-state index in [1.54, 1.807) is 6.07 Å². The van der Waals surface area contributed by atoms with Gasteiger partial charge in [-0.3, -0.25) is 14.6 Å². The number of aldehydes is 1. The monoisotopic (exact) mass is 234 g/mol. The van der Waals surface area contributed by atoms with Gasteiger partial charge in [0.15, 0.2) is 12.0 Å². The van der Waals surface area contributed by atoms with Gasteiger partial charge < -0.3 is 4.42 Å². The molecule has 0 N–H and O–H groups in total. The summed E-state index contributed by atoms with van der Waals surface area (Å²) in [6, 6.07) is 4.52. The first kappa shape index (κ1) is 11.0. The van der Waals surface area contributed by atoms with E-state index in [0.717, 1.165) is 37.7 Å². The van der Waals surface area contributed by atoms with Crippen molar-refractivity contribution < 1.29 is 9.21 Å². The van der Waals surface area contributed by atoms with Crippen LogP contribution in [0, 0.1) is 0 Å². The molecule has 3 rings (SSSR count). The lowest BCUT2D eigenvalue weighted by atomic mass is 10.3. The Kier molecular flexibility index (Phi) is 2.99. The van der Waals surface area contributed by atoms with Crippen LogP contribution in [-0.2, 0) is 6.54 Å². The lowest BCUT2D eigenvalue weighted by molar-refractivity contribution is 0.107. The molecule has 0 amide bonds. The molecule has 0 unspecified atom stereocenters. The molecule has 0 aromatic carbocycles. The molecule has 4 heteroatoms. The molecule has 1 aromatic rings. The highest BCUT2D eigenvalue weighted by molar-refractivity contribution is 5.70. The number of carbonyl (C=O) groups is 1. The smallest absolute Gasteiger partial charge is 0.185 e. The van der Waals surface area contributed by atoms with Crippen LogP contribution in [0.3, 0.4) is 0 Å². The van der Waals surface area contributed by atoms with Crippen molar-refractivity contribution in [1.82, 2.24) is 9.80 Å². The summed E-state index contributed by atoms with van der Waals surface area (Å²) < 4.78 is 5.40. The molecular weight excluding hydrogens is 216 g/mol. The second kappa shape index (κ2) is 4.63. The summed E-state index contributed by atoms with van der Waals surface area (Å²) in [6.45, 7) is 5.38. The third-order valence-corrected chi connectivity index (χ3v) is 3.65. The van der Waals surface area contributed by atoms with Gasteiger partial charge in [0.05, 0.1) is 6.54 Å². The molecule has 0 spiro atoms. The molecule has 1 aliphatic heterocycles. The first-order valence-electron chi connectivity index (χ1n) is 6.35. The van der Waals surface area contributed by atoms with Gasteiger partial charge in [-0.1, -0.05) is 0 Å². The van der Waals surface area contributed by atoms with Crippen LogP contribution >= 0.6 is 0 Å². The molecule has 1 saturated heterocycles. The number of rotatable bonds is 4. The Balaban J connectivity index is 1.51. The van der Waals surface area contributed by atoms with Crippen molar-refractivity contribution >= 4 is 6.29 Å². The minimum absolute atomic E-state index is 0.427. The number of carbonyl (C=O) groups excluding carboxylic acids is 1. The van der Waals surface area contributed by atoms with Gasteiger partial charge in [-0.2, -0.15) is 0 Å². The van der Waals surface area contributed by atoms with E-state index >= 15 is 0 Å². The van der Waals surface area contributed by atoms with Crippen LogP contribution in [0.15, 0.2) is 16.5 Å². The van der Waals surface area contributed by atoms with Crippen molar-refractivity contribution in [2.75, 3.05) is 26.2 Å². The molecule has 1 saturated carbocycles. The highest BCUT2D eigenvalue weighted by atomic mass is 16.3. The first-order valence-corrected chi connectivity index (χ1v) is 6.35. The summed E-state index contributed by atoms with van der Waals surface area (Å²) in [5.74, 6) is 1.32. The fraction of sp³-hybridized carbons (Fsp3) is 0.615. The molecule has 17 heavy (non-hydrogen) atoms. The minimum atomic E-state index is 0.427. The van der Waals surface area contributed by atoms with Gasteiger partial charge in [-0.05, 0) is 25.0 Å². The van der Waals surface area contributed by atoms with Crippen LogP contribution in [-0.4, -0.2) is 48.3 Å². The van der Waals surface area contributed by atoms with Crippen molar-refractivity contribution in [1.29, 1.82) is 0 Å². The highest BCUT2D eigenvalue weighted by Crippen LogP contribution is 2.27. The third-order valence-electron chi connectivity index (χ3n) is 3.65. The zero-order chi connectivity index (χ0) is 11.7. The summed E-state index contributed by atoms with van der Waals surface area (Å²) in [5, 5.41) is 0. The Morgan fingerprint density at radius 2 is 2.00 bits per heavy atom. The van der Waals surface area contributed by atoms with Gasteiger partial charge in [0, 0.05) is 32.2 Å². The maximum atomic E-state index is 10.5. The molecule has 2 aliphatic rings. The Morgan fingerprint density at radius 3 is 2.59 bits per heavy atom. The van der Waals surface area contributed by atoms with Crippen LogP contribution in [0.25, 0.3) is 0 Å². The van der Waals surface area contributed by atoms with Crippen molar-refractivity contribution in [2.45, 2.75) is 25.4 Å². The van der Waals surface area contributed by atoms with E-state index in [1.165, 1.54) is 25.9 Å².